The van der Waals surface area contributed by atoms with Gasteiger partial charge in [0.25, 0.3) is 7.82 Å². The number of ether oxygens (including phenoxy) is 2. The van der Waals surface area contributed by atoms with Crippen LogP contribution < -0.4 is 4.89 Å². The third kappa shape index (κ3) is 49.0. The number of likely N-dealkylation sites (N-methyl/N-ethyl adjacent to an activating group) is 1. The molecule has 63 heavy (non-hydrogen) atoms. The van der Waals surface area contributed by atoms with Crippen molar-refractivity contribution < 1.29 is 47.2 Å². The molecule has 0 aromatic rings. The third-order valence-corrected chi connectivity index (χ3v) is 11.5. The molecule has 0 saturated carbocycles. The monoisotopic (exact) mass is 908 g/mol. The third-order valence-electron chi connectivity index (χ3n) is 10.6. The van der Waals surface area contributed by atoms with Crippen LogP contribution in [0.15, 0.2) is 60.8 Å². The highest BCUT2D eigenvalue weighted by Gasteiger charge is 2.21. The number of carbonyl (C=O) groups is 2. The Morgan fingerprint density at radius 1 is 0.540 bits per heavy atom. The lowest BCUT2D eigenvalue weighted by Crippen LogP contribution is -2.37. The molecule has 0 amide bonds. The SMILES string of the molecule is CCCCCCCC/C=C\CCCCCCCCCCCCCC(=O)O[C@H](COC(=O)CCC/C=C\C/C=C\C/C=C\C/C=C\CCCCCO)COP(=O)([O-])OCC[N+](C)(C)C. The number of aliphatic hydroxyl groups excluding tert-OH is 1. The highest BCUT2D eigenvalue weighted by atomic mass is 31.2. The van der Waals surface area contributed by atoms with Gasteiger partial charge in [0.05, 0.1) is 27.7 Å². The summed E-state index contributed by atoms with van der Waals surface area (Å²) < 4.78 is 33.9. The summed E-state index contributed by atoms with van der Waals surface area (Å²) in [5.74, 6) is -0.914. The molecule has 0 fully saturated rings. The summed E-state index contributed by atoms with van der Waals surface area (Å²) in [7, 11) is 1.12. The molecule has 1 N–H and O–H groups in total. The van der Waals surface area contributed by atoms with Crippen LogP contribution in [0.3, 0.4) is 0 Å². The van der Waals surface area contributed by atoms with Crippen LogP contribution in [0.2, 0.25) is 0 Å². The minimum Gasteiger partial charge on any atom is -0.756 e. The minimum atomic E-state index is -4.65. The maximum absolute atomic E-state index is 12.7. The Morgan fingerprint density at radius 2 is 0.952 bits per heavy atom. The number of carbonyl (C=O) groups excluding carboxylic acids is 2. The molecule has 0 aliphatic rings. The van der Waals surface area contributed by atoms with Crippen LogP contribution in [0.4, 0.5) is 0 Å². The smallest absolute Gasteiger partial charge is 0.306 e. The van der Waals surface area contributed by atoms with Crippen LogP contribution in [0, 0.1) is 0 Å². The first-order valence-corrected chi connectivity index (χ1v) is 26.6. The summed E-state index contributed by atoms with van der Waals surface area (Å²) in [6.07, 6.45) is 52.7. The van der Waals surface area contributed by atoms with Crippen LogP contribution in [0.1, 0.15) is 200 Å². The van der Waals surface area contributed by atoms with E-state index in [1.54, 1.807) is 0 Å². The van der Waals surface area contributed by atoms with Crippen molar-refractivity contribution in [3.05, 3.63) is 60.8 Å². The Hall–Kier alpha value is -2.33. The van der Waals surface area contributed by atoms with Gasteiger partial charge in [-0.3, -0.25) is 14.2 Å². The predicted octanol–water partition coefficient (Wildman–Crippen LogP) is 13.1. The number of phosphoric ester groups is 1. The molecule has 0 aliphatic carbocycles. The summed E-state index contributed by atoms with van der Waals surface area (Å²) in [6.45, 7) is 2.17. The van der Waals surface area contributed by atoms with Gasteiger partial charge in [0.2, 0.25) is 0 Å². The van der Waals surface area contributed by atoms with E-state index < -0.39 is 32.5 Å². The second kappa shape index (κ2) is 44.9. The van der Waals surface area contributed by atoms with Crippen LogP contribution >= 0.6 is 7.82 Å². The number of quaternary nitrogens is 1. The molecular formula is C52H94NO9P. The number of nitrogens with zero attached hydrogens (tertiary/aromatic N) is 1. The van der Waals surface area contributed by atoms with Crippen molar-refractivity contribution in [1.82, 2.24) is 0 Å². The maximum Gasteiger partial charge on any atom is 0.306 e. The number of hydrogen-bond donors (Lipinski definition) is 1. The van der Waals surface area contributed by atoms with Gasteiger partial charge in [0.15, 0.2) is 6.10 Å². The Bertz CT molecular complexity index is 1260. The normalized spacial score (nSPS) is 13.9. The second-order valence-corrected chi connectivity index (χ2v) is 19.3. The Balaban J connectivity index is 4.34. The average Bonchev–Trinajstić information content (AvgIpc) is 3.24. The molecule has 366 valence electrons. The largest absolute Gasteiger partial charge is 0.756 e. The van der Waals surface area contributed by atoms with Crippen LogP contribution in [-0.4, -0.2) is 81.7 Å². The number of allylic oxidation sites excluding steroid dienone is 10. The number of esters is 2. The van der Waals surface area contributed by atoms with Crippen LogP contribution in [0.25, 0.3) is 0 Å². The van der Waals surface area contributed by atoms with Gasteiger partial charge >= 0.3 is 11.9 Å². The molecule has 0 aromatic heterocycles. The number of hydrogen-bond acceptors (Lipinski definition) is 9. The van der Waals surface area contributed by atoms with Crippen molar-refractivity contribution in [2.24, 2.45) is 0 Å². The highest BCUT2D eigenvalue weighted by molar-refractivity contribution is 7.45. The van der Waals surface area contributed by atoms with Gasteiger partial charge in [-0.05, 0) is 83.5 Å². The molecule has 1 unspecified atom stereocenters. The van der Waals surface area contributed by atoms with E-state index in [0.717, 1.165) is 70.6 Å². The number of aliphatic hydroxyl groups is 1. The van der Waals surface area contributed by atoms with Crippen LogP contribution in [-0.2, 0) is 32.7 Å². The Labute approximate surface area is 386 Å². The topological polar surface area (TPSA) is 131 Å². The number of rotatable bonds is 46. The molecule has 11 heteroatoms. The number of phosphoric acid groups is 1. The lowest BCUT2D eigenvalue weighted by Gasteiger charge is -2.28. The molecule has 0 rings (SSSR count). The van der Waals surface area contributed by atoms with E-state index in [9.17, 15) is 19.0 Å². The van der Waals surface area contributed by atoms with Crippen LogP contribution in [0.5, 0.6) is 0 Å². The summed E-state index contributed by atoms with van der Waals surface area (Å²) >= 11 is 0. The minimum absolute atomic E-state index is 0.0457. The average molecular weight is 908 g/mol. The van der Waals surface area contributed by atoms with Crippen molar-refractivity contribution in [3.8, 4) is 0 Å². The summed E-state index contributed by atoms with van der Waals surface area (Å²) in [6, 6.07) is 0. The molecule has 10 nitrogen and oxygen atoms in total. The zero-order valence-electron chi connectivity index (χ0n) is 40.7. The first kappa shape index (κ1) is 60.7. The lowest BCUT2D eigenvalue weighted by molar-refractivity contribution is -0.870. The zero-order chi connectivity index (χ0) is 46.4. The predicted molar refractivity (Wildman–Crippen MR) is 260 cm³/mol. The van der Waals surface area contributed by atoms with Gasteiger partial charge < -0.3 is 33.0 Å². The Morgan fingerprint density at radius 3 is 1.44 bits per heavy atom. The summed E-state index contributed by atoms with van der Waals surface area (Å²) in [5, 5.41) is 8.81. The molecule has 0 saturated heterocycles. The quantitative estimate of drug-likeness (QED) is 0.0208. The van der Waals surface area contributed by atoms with Gasteiger partial charge in [-0.2, -0.15) is 0 Å². The molecule has 2 atom stereocenters. The van der Waals surface area contributed by atoms with E-state index in [-0.39, 0.29) is 32.7 Å². The van der Waals surface area contributed by atoms with Crippen molar-refractivity contribution in [3.63, 3.8) is 0 Å². The second-order valence-electron chi connectivity index (χ2n) is 17.9. The van der Waals surface area contributed by atoms with E-state index in [1.807, 2.05) is 27.2 Å². The van der Waals surface area contributed by atoms with E-state index in [1.165, 1.54) is 96.3 Å². The fourth-order valence-corrected chi connectivity index (χ4v) is 7.35. The fourth-order valence-electron chi connectivity index (χ4n) is 6.62. The van der Waals surface area contributed by atoms with Gasteiger partial charge in [-0.25, -0.2) is 0 Å². The fraction of sp³-hybridized carbons (Fsp3) is 0.769. The molecule has 0 spiro atoms. The lowest BCUT2D eigenvalue weighted by atomic mass is 10.0. The van der Waals surface area contributed by atoms with E-state index in [0.29, 0.717) is 23.9 Å². The molecule has 0 heterocycles. The molecular weight excluding hydrogens is 814 g/mol. The summed E-state index contributed by atoms with van der Waals surface area (Å²) in [5.41, 5.74) is 0. The van der Waals surface area contributed by atoms with Crippen molar-refractivity contribution in [2.75, 3.05) is 54.1 Å². The number of unbranched alkanes of at least 4 members (excludes halogenated alkanes) is 21. The highest BCUT2D eigenvalue weighted by Crippen LogP contribution is 2.38. The van der Waals surface area contributed by atoms with E-state index >= 15 is 0 Å². The van der Waals surface area contributed by atoms with Gasteiger partial charge in [-0.1, -0.05) is 164 Å². The van der Waals surface area contributed by atoms with Gasteiger partial charge in [0.1, 0.15) is 19.8 Å². The summed E-state index contributed by atoms with van der Waals surface area (Å²) in [4.78, 5) is 37.7. The van der Waals surface area contributed by atoms with Crippen molar-refractivity contribution >= 4 is 19.8 Å². The van der Waals surface area contributed by atoms with E-state index in [4.69, 9.17) is 23.6 Å². The first-order valence-electron chi connectivity index (χ1n) is 25.1. The van der Waals surface area contributed by atoms with Crippen molar-refractivity contribution in [2.45, 2.75) is 206 Å². The molecule has 0 bridgehead atoms. The zero-order valence-corrected chi connectivity index (χ0v) is 41.6. The van der Waals surface area contributed by atoms with Crippen molar-refractivity contribution in [1.29, 1.82) is 0 Å². The first-order chi connectivity index (χ1) is 30.5. The molecule has 0 radical (unpaired) electrons. The van der Waals surface area contributed by atoms with E-state index in [2.05, 4.69) is 61.6 Å². The van der Waals surface area contributed by atoms with Gasteiger partial charge in [-0.15, -0.1) is 0 Å². The van der Waals surface area contributed by atoms with Gasteiger partial charge in [0, 0.05) is 19.4 Å². The maximum atomic E-state index is 12.7. The molecule has 0 aromatic carbocycles. The Kier molecular flexibility index (Phi) is 43.2. The standard InChI is InChI=1S/C52H94NO9P/c1-5-6-7-8-9-10-11-12-13-14-15-16-17-19-23-26-29-32-35-38-41-44-52(56)62-50(49-61-63(57,58)60-47-45-53(2,3)4)48-59-51(55)43-40-37-34-31-28-25-22-20-18-21-24-27-30-33-36-39-42-46-54/h12-13,18,21-22,25,27,30-31,34,50,54H,5-11,14-17,19-20,23-24,26,28-29,32-33,35-49H2,1-4H3/b13-12-,21-18-,25-22-,30-27-,34-31-/t50-/m1/s1. The molecule has 0 aliphatic heterocycles.